The van der Waals surface area contributed by atoms with Crippen molar-refractivity contribution in [1.29, 1.82) is 0 Å². The molecule has 0 saturated heterocycles. The van der Waals surface area contributed by atoms with E-state index in [9.17, 15) is 13.2 Å². The third kappa shape index (κ3) is 4.32. The van der Waals surface area contributed by atoms with Gasteiger partial charge in [0.2, 0.25) is 0 Å². The van der Waals surface area contributed by atoms with Crippen LogP contribution < -0.4 is 10.1 Å². The van der Waals surface area contributed by atoms with Gasteiger partial charge in [-0.2, -0.15) is 5.10 Å². The van der Waals surface area contributed by atoms with E-state index in [1.807, 2.05) is 12.1 Å². The van der Waals surface area contributed by atoms with Crippen molar-refractivity contribution < 1.29 is 17.9 Å². The molecule has 0 atom stereocenters. The highest BCUT2D eigenvalue weighted by atomic mass is 32.2. The summed E-state index contributed by atoms with van der Waals surface area (Å²) in [6.45, 7) is 1.64. The molecule has 0 radical (unpaired) electrons. The first-order valence-corrected chi connectivity index (χ1v) is 8.95. The number of carbonyl (C=O) groups excluding carboxylic acids is 1. The number of methoxy groups -OCH3 is 1. The largest absolute Gasteiger partial charge is 0.497 e. The summed E-state index contributed by atoms with van der Waals surface area (Å²) in [7, 11) is -1.55. The maximum atomic E-state index is 12.2. The standard InChI is InChI=1S/C15H19N3O4S/c1-3-23(20,21)8-7-16-15(19)13-10-17-18-14(13)11-5-4-6-12(9-11)22-2/h4-6,9-10H,3,7-8H2,1-2H3,(H,16,19)(H,17,18). The number of hydrogen-bond acceptors (Lipinski definition) is 5. The second kappa shape index (κ2) is 7.28. The van der Waals surface area contributed by atoms with E-state index in [4.69, 9.17) is 4.74 Å². The zero-order valence-corrected chi connectivity index (χ0v) is 13.8. The molecule has 0 saturated carbocycles. The van der Waals surface area contributed by atoms with Crippen molar-refractivity contribution in [2.75, 3.05) is 25.2 Å². The number of rotatable bonds is 7. The third-order valence-electron chi connectivity index (χ3n) is 3.38. The van der Waals surface area contributed by atoms with Gasteiger partial charge in [0.25, 0.3) is 5.91 Å². The number of amides is 1. The Morgan fingerprint density at radius 1 is 1.39 bits per heavy atom. The number of nitrogens with zero attached hydrogens (tertiary/aromatic N) is 1. The molecule has 1 aromatic carbocycles. The molecule has 124 valence electrons. The third-order valence-corrected chi connectivity index (χ3v) is 5.09. The molecule has 2 N–H and O–H groups in total. The summed E-state index contributed by atoms with van der Waals surface area (Å²) >= 11 is 0. The topological polar surface area (TPSA) is 101 Å². The molecule has 23 heavy (non-hydrogen) atoms. The first-order valence-electron chi connectivity index (χ1n) is 7.13. The van der Waals surface area contributed by atoms with Crippen molar-refractivity contribution in [3.63, 3.8) is 0 Å². The van der Waals surface area contributed by atoms with Crippen LogP contribution in [0.4, 0.5) is 0 Å². The van der Waals surface area contributed by atoms with E-state index in [0.717, 1.165) is 5.56 Å². The summed E-state index contributed by atoms with van der Waals surface area (Å²) in [5.74, 6) is 0.269. The van der Waals surface area contributed by atoms with Crippen LogP contribution in [0.5, 0.6) is 5.75 Å². The van der Waals surface area contributed by atoms with E-state index >= 15 is 0 Å². The van der Waals surface area contributed by atoms with Gasteiger partial charge in [0.05, 0.1) is 30.3 Å². The number of aromatic amines is 1. The van der Waals surface area contributed by atoms with E-state index in [1.54, 1.807) is 26.2 Å². The Labute approximate surface area is 135 Å². The SMILES string of the molecule is CCS(=O)(=O)CCNC(=O)c1cn[nH]c1-c1cccc(OC)c1. The molecule has 0 aliphatic rings. The number of H-pyrrole nitrogens is 1. The van der Waals surface area contributed by atoms with Crippen LogP contribution >= 0.6 is 0 Å². The molecule has 8 heteroatoms. The van der Waals surface area contributed by atoms with Gasteiger partial charge in [-0.15, -0.1) is 0 Å². The Kier molecular flexibility index (Phi) is 5.38. The summed E-state index contributed by atoms with van der Waals surface area (Å²) in [5.41, 5.74) is 1.67. The fraction of sp³-hybridized carbons (Fsp3) is 0.333. The van der Waals surface area contributed by atoms with Crippen LogP contribution in [-0.2, 0) is 9.84 Å². The summed E-state index contributed by atoms with van der Waals surface area (Å²) in [5, 5.41) is 9.30. The summed E-state index contributed by atoms with van der Waals surface area (Å²) < 4.78 is 28.1. The van der Waals surface area contributed by atoms with E-state index in [-0.39, 0.29) is 24.0 Å². The minimum atomic E-state index is -3.11. The van der Waals surface area contributed by atoms with Gasteiger partial charge in [-0.1, -0.05) is 19.1 Å². The van der Waals surface area contributed by atoms with Crippen LogP contribution in [0, 0.1) is 0 Å². The lowest BCUT2D eigenvalue weighted by Gasteiger charge is -2.07. The minimum Gasteiger partial charge on any atom is -0.497 e. The predicted octanol–water partition coefficient (Wildman–Crippen LogP) is 1.25. The van der Waals surface area contributed by atoms with Crippen molar-refractivity contribution in [1.82, 2.24) is 15.5 Å². The fourth-order valence-corrected chi connectivity index (χ4v) is 2.72. The van der Waals surface area contributed by atoms with Gasteiger partial charge in [-0.3, -0.25) is 9.89 Å². The lowest BCUT2D eigenvalue weighted by atomic mass is 10.1. The van der Waals surface area contributed by atoms with E-state index < -0.39 is 9.84 Å². The molecule has 0 spiro atoms. The minimum absolute atomic E-state index is 0.0592. The van der Waals surface area contributed by atoms with Crippen molar-refractivity contribution in [3.8, 4) is 17.0 Å². The summed E-state index contributed by atoms with van der Waals surface area (Å²) in [6.07, 6.45) is 1.42. The maximum absolute atomic E-state index is 12.2. The number of hydrogen-bond donors (Lipinski definition) is 2. The van der Waals surface area contributed by atoms with Gasteiger partial charge < -0.3 is 10.1 Å². The van der Waals surface area contributed by atoms with Crippen molar-refractivity contribution in [2.45, 2.75) is 6.92 Å². The molecule has 0 aliphatic carbocycles. The van der Waals surface area contributed by atoms with Gasteiger partial charge >= 0.3 is 0 Å². The Balaban J connectivity index is 2.12. The predicted molar refractivity (Wildman–Crippen MR) is 87.2 cm³/mol. The van der Waals surface area contributed by atoms with Gasteiger partial charge in [0.1, 0.15) is 5.75 Å². The van der Waals surface area contributed by atoms with Crippen molar-refractivity contribution >= 4 is 15.7 Å². The molecule has 0 bridgehead atoms. The molecule has 1 amide bonds. The molecule has 2 rings (SSSR count). The van der Waals surface area contributed by atoms with Gasteiger partial charge in [-0.05, 0) is 12.1 Å². The number of carbonyl (C=O) groups is 1. The average Bonchev–Trinajstić information content (AvgIpc) is 3.04. The van der Waals surface area contributed by atoms with Crippen LogP contribution in [-0.4, -0.2) is 49.7 Å². The second-order valence-corrected chi connectivity index (χ2v) is 7.36. The Hall–Kier alpha value is -2.35. The number of ether oxygens (including phenoxy) is 1. The lowest BCUT2D eigenvalue weighted by Crippen LogP contribution is -2.29. The van der Waals surface area contributed by atoms with Crippen LogP contribution in [0.15, 0.2) is 30.5 Å². The van der Waals surface area contributed by atoms with E-state index in [2.05, 4.69) is 15.5 Å². The number of nitrogens with one attached hydrogen (secondary N) is 2. The van der Waals surface area contributed by atoms with Crippen molar-refractivity contribution in [3.05, 3.63) is 36.0 Å². The number of aromatic nitrogens is 2. The Morgan fingerprint density at radius 3 is 2.87 bits per heavy atom. The molecule has 7 nitrogen and oxygen atoms in total. The molecule has 0 unspecified atom stereocenters. The second-order valence-electron chi connectivity index (χ2n) is 4.88. The zero-order valence-electron chi connectivity index (χ0n) is 13.0. The first-order chi connectivity index (χ1) is 11.0. The average molecular weight is 337 g/mol. The first kappa shape index (κ1) is 17.0. The molecular formula is C15H19N3O4S. The Bertz CT molecular complexity index is 784. The number of sulfone groups is 1. The van der Waals surface area contributed by atoms with E-state index in [1.165, 1.54) is 6.20 Å². The maximum Gasteiger partial charge on any atom is 0.255 e. The molecule has 1 heterocycles. The highest BCUT2D eigenvalue weighted by molar-refractivity contribution is 7.91. The fourth-order valence-electron chi connectivity index (χ4n) is 2.02. The highest BCUT2D eigenvalue weighted by Gasteiger charge is 2.16. The zero-order chi connectivity index (χ0) is 16.9. The highest BCUT2D eigenvalue weighted by Crippen LogP contribution is 2.24. The lowest BCUT2D eigenvalue weighted by molar-refractivity contribution is 0.0957. The molecule has 1 aromatic heterocycles. The van der Waals surface area contributed by atoms with Gasteiger partial charge in [0, 0.05) is 17.9 Å². The van der Waals surface area contributed by atoms with E-state index in [0.29, 0.717) is 17.0 Å². The van der Waals surface area contributed by atoms with Gasteiger partial charge in [-0.25, -0.2) is 8.42 Å². The molecule has 0 aliphatic heterocycles. The quantitative estimate of drug-likeness (QED) is 0.792. The van der Waals surface area contributed by atoms with Crippen LogP contribution in [0.1, 0.15) is 17.3 Å². The number of benzene rings is 1. The smallest absolute Gasteiger partial charge is 0.255 e. The molecule has 0 fully saturated rings. The van der Waals surface area contributed by atoms with Gasteiger partial charge in [0.15, 0.2) is 9.84 Å². The van der Waals surface area contributed by atoms with Crippen molar-refractivity contribution in [2.24, 2.45) is 0 Å². The normalized spacial score (nSPS) is 11.2. The molecule has 2 aromatic rings. The summed E-state index contributed by atoms with van der Waals surface area (Å²) in [6, 6.07) is 7.22. The summed E-state index contributed by atoms with van der Waals surface area (Å²) in [4.78, 5) is 12.2. The van der Waals surface area contributed by atoms with Crippen LogP contribution in [0.25, 0.3) is 11.3 Å². The molecular weight excluding hydrogens is 318 g/mol. The monoisotopic (exact) mass is 337 g/mol. The Morgan fingerprint density at radius 2 is 2.17 bits per heavy atom. The van der Waals surface area contributed by atoms with Crippen LogP contribution in [0.3, 0.4) is 0 Å². The van der Waals surface area contributed by atoms with Crippen LogP contribution in [0.2, 0.25) is 0 Å².